The smallest absolute Gasteiger partial charge is 0.311 e. The molecule has 0 N–H and O–H groups in total. The van der Waals surface area contributed by atoms with Crippen LogP contribution in [0.25, 0.3) is 0 Å². The zero-order valence-corrected chi connectivity index (χ0v) is 12.6. The van der Waals surface area contributed by atoms with E-state index in [1.165, 1.54) is 20.0 Å². The first-order valence-corrected chi connectivity index (χ1v) is 7.40. The van der Waals surface area contributed by atoms with Crippen molar-refractivity contribution in [1.29, 1.82) is 0 Å². The van der Waals surface area contributed by atoms with E-state index in [-0.39, 0.29) is 12.4 Å². The number of carbonyl (C=O) groups excluding carboxylic acids is 1. The maximum absolute atomic E-state index is 11.2. The number of hydrogen-bond acceptors (Lipinski definition) is 6. The molecule has 1 aliphatic heterocycles. The Hall–Kier alpha value is -1.14. The number of methoxy groups -OCH3 is 1. The van der Waals surface area contributed by atoms with Gasteiger partial charge < -0.3 is 14.5 Å². The van der Waals surface area contributed by atoms with Crippen LogP contribution >= 0.6 is 11.3 Å². The predicted octanol–water partition coefficient (Wildman–Crippen LogP) is 1.39. The van der Waals surface area contributed by atoms with Crippen LogP contribution in [0, 0.1) is 0 Å². The average Bonchev–Trinajstić information content (AvgIpc) is 2.97. The second-order valence-electron chi connectivity index (χ2n) is 5.13. The molecular weight excluding hydrogens is 262 g/mol. The van der Waals surface area contributed by atoms with Crippen molar-refractivity contribution in [3.05, 3.63) is 11.1 Å². The van der Waals surface area contributed by atoms with Gasteiger partial charge in [-0.3, -0.25) is 4.79 Å². The van der Waals surface area contributed by atoms with Crippen molar-refractivity contribution < 1.29 is 9.53 Å². The third-order valence-corrected chi connectivity index (χ3v) is 4.22. The fourth-order valence-electron chi connectivity index (χ4n) is 2.43. The number of thiazole rings is 1. The molecule has 0 bridgehead atoms. The van der Waals surface area contributed by atoms with Gasteiger partial charge in [-0.1, -0.05) is 0 Å². The van der Waals surface area contributed by atoms with Gasteiger partial charge in [-0.05, 0) is 26.9 Å². The molecule has 2 rings (SSSR count). The number of nitrogens with zero attached hydrogens (tertiary/aromatic N) is 3. The first-order valence-electron chi connectivity index (χ1n) is 6.52. The van der Waals surface area contributed by atoms with Crippen LogP contribution in [0.5, 0.6) is 0 Å². The summed E-state index contributed by atoms with van der Waals surface area (Å²) in [7, 11) is 5.60. The molecule has 1 aromatic rings. The Morgan fingerprint density at radius 1 is 1.63 bits per heavy atom. The number of hydrogen-bond donors (Lipinski definition) is 0. The summed E-state index contributed by atoms with van der Waals surface area (Å²) < 4.78 is 4.67. The third kappa shape index (κ3) is 3.67. The SMILES string of the molecule is COC(=O)Cc1csc(N2CCCC2CN(C)C)n1. The molecule has 2 heterocycles. The summed E-state index contributed by atoms with van der Waals surface area (Å²) in [5.41, 5.74) is 0.808. The van der Waals surface area contributed by atoms with Crippen molar-refractivity contribution in [2.45, 2.75) is 25.3 Å². The summed E-state index contributed by atoms with van der Waals surface area (Å²) >= 11 is 1.62. The van der Waals surface area contributed by atoms with Gasteiger partial charge in [0.05, 0.1) is 19.2 Å². The van der Waals surface area contributed by atoms with E-state index in [4.69, 9.17) is 0 Å². The Bertz CT molecular complexity index is 433. The molecule has 19 heavy (non-hydrogen) atoms. The summed E-state index contributed by atoms with van der Waals surface area (Å²) in [6, 6.07) is 0.534. The fraction of sp³-hybridized carbons (Fsp3) is 0.692. The van der Waals surface area contributed by atoms with Gasteiger partial charge in [-0.25, -0.2) is 4.98 Å². The van der Waals surface area contributed by atoms with Crippen LogP contribution in [0.3, 0.4) is 0 Å². The molecule has 0 aliphatic carbocycles. The lowest BCUT2D eigenvalue weighted by Gasteiger charge is -2.26. The Kier molecular flexibility index (Phi) is 4.76. The summed E-state index contributed by atoms with van der Waals surface area (Å²) in [6.45, 7) is 2.11. The Balaban J connectivity index is 2.02. The van der Waals surface area contributed by atoms with Crippen LogP contribution in [-0.4, -0.2) is 56.2 Å². The molecule has 0 aromatic carbocycles. The zero-order valence-electron chi connectivity index (χ0n) is 11.8. The lowest BCUT2D eigenvalue weighted by atomic mass is 10.2. The van der Waals surface area contributed by atoms with E-state index in [1.54, 1.807) is 11.3 Å². The maximum atomic E-state index is 11.2. The van der Waals surface area contributed by atoms with Gasteiger partial charge >= 0.3 is 5.97 Å². The minimum absolute atomic E-state index is 0.233. The summed E-state index contributed by atoms with van der Waals surface area (Å²) in [5, 5.41) is 2.99. The Morgan fingerprint density at radius 3 is 3.11 bits per heavy atom. The van der Waals surface area contributed by atoms with Gasteiger partial charge in [0, 0.05) is 24.5 Å². The first kappa shape index (κ1) is 14.3. The molecule has 1 atom stereocenters. The van der Waals surface area contributed by atoms with Crippen molar-refractivity contribution in [3.8, 4) is 0 Å². The molecule has 1 unspecified atom stereocenters. The highest BCUT2D eigenvalue weighted by atomic mass is 32.1. The normalized spacial score (nSPS) is 19.2. The van der Waals surface area contributed by atoms with E-state index < -0.39 is 0 Å². The van der Waals surface area contributed by atoms with Crippen LogP contribution in [0.2, 0.25) is 0 Å². The predicted molar refractivity (Wildman–Crippen MR) is 76.8 cm³/mol. The minimum Gasteiger partial charge on any atom is -0.469 e. The highest BCUT2D eigenvalue weighted by Gasteiger charge is 2.27. The number of ether oxygens (including phenoxy) is 1. The quantitative estimate of drug-likeness (QED) is 0.764. The monoisotopic (exact) mass is 283 g/mol. The van der Waals surface area contributed by atoms with Crippen LogP contribution in [-0.2, 0) is 16.0 Å². The average molecular weight is 283 g/mol. The van der Waals surface area contributed by atoms with Crippen molar-refractivity contribution >= 4 is 22.4 Å². The second kappa shape index (κ2) is 6.34. The topological polar surface area (TPSA) is 45.7 Å². The molecule has 0 radical (unpaired) electrons. The molecular formula is C13H21N3O2S. The molecule has 0 amide bonds. The molecule has 0 saturated carbocycles. The van der Waals surface area contributed by atoms with Crippen LogP contribution < -0.4 is 4.90 Å². The van der Waals surface area contributed by atoms with Crippen LogP contribution in [0.4, 0.5) is 5.13 Å². The third-order valence-electron chi connectivity index (χ3n) is 3.29. The highest BCUT2D eigenvalue weighted by Crippen LogP contribution is 2.29. The van der Waals surface area contributed by atoms with Gasteiger partial charge in [0.1, 0.15) is 0 Å². The van der Waals surface area contributed by atoms with Gasteiger partial charge in [0.25, 0.3) is 0 Å². The van der Waals surface area contributed by atoms with Gasteiger partial charge in [-0.2, -0.15) is 0 Å². The lowest BCUT2D eigenvalue weighted by molar-refractivity contribution is -0.139. The number of likely N-dealkylation sites (N-methyl/N-ethyl adjacent to an activating group) is 1. The van der Waals surface area contributed by atoms with E-state index >= 15 is 0 Å². The Labute approximate surface area is 118 Å². The highest BCUT2D eigenvalue weighted by molar-refractivity contribution is 7.13. The van der Waals surface area contributed by atoms with E-state index in [1.807, 2.05) is 5.38 Å². The summed E-state index contributed by atoms with van der Waals surface area (Å²) in [4.78, 5) is 20.4. The minimum atomic E-state index is -0.233. The molecule has 1 aliphatic rings. The maximum Gasteiger partial charge on any atom is 0.311 e. The van der Waals surface area contributed by atoms with Gasteiger partial charge in [0.2, 0.25) is 0 Å². The molecule has 1 fully saturated rings. The number of esters is 1. The van der Waals surface area contributed by atoms with E-state index in [9.17, 15) is 4.79 Å². The number of rotatable bonds is 5. The molecule has 1 aromatic heterocycles. The van der Waals surface area contributed by atoms with Gasteiger partial charge in [0.15, 0.2) is 5.13 Å². The molecule has 5 nitrogen and oxygen atoms in total. The van der Waals surface area contributed by atoms with Crippen LogP contribution in [0.1, 0.15) is 18.5 Å². The van der Waals surface area contributed by atoms with Gasteiger partial charge in [-0.15, -0.1) is 11.3 Å². The van der Waals surface area contributed by atoms with E-state index in [0.717, 1.165) is 23.9 Å². The number of aromatic nitrogens is 1. The van der Waals surface area contributed by atoms with Crippen LogP contribution in [0.15, 0.2) is 5.38 Å². The molecule has 106 valence electrons. The number of carbonyl (C=O) groups is 1. The first-order chi connectivity index (χ1) is 9.10. The molecule has 6 heteroatoms. The van der Waals surface area contributed by atoms with E-state index in [0.29, 0.717) is 6.04 Å². The van der Waals surface area contributed by atoms with Crippen molar-refractivity contribution in [2.24, 2.45) is 0 Å². The Morgan fingerprint density at radius 2 is 2.42 bits per heavy atom. The summed E-state index contributed by atoms with van der Waals surface area (Å²) in [6.07, 6.45) is 2.69. The molecule has 1 saturated heterocycles. The fourth-order valence-corrected chi connectivity index (χ4v) is 3.35. The zero-order chi connectivity index (χ0) is 13.8. The standard InChI is InChI=1S/C13H21N3O2S/c1-15(2)8-11-5-4-6-16(11)13-14-10(9-19-13)7-12(17)18-3/h9,11H,4-8H2,1-3H3. The molecule has 0 spiro atoms. The summed E-state index contributed by atoms with van der Waals surface area (Å²) in [5.74, 6) is -0.233. The second-order valence-corrected chi connectivity index (χ2v) is 5.96. The number of anilines is 1. The van der Waals surface area contributed by atoms with Crippen molar-refractivity contribution in [3.63, 3.8) is 0 Å². The van der Waals surface area contributed by atoms with Crippen molar-refractivity contribution in [1.82, 2.24) is 9.88 Å². The van der Waals surface area contributed by atoms with E-state index in [2.05, 4.69) is 33.6 Å². The van der Waals surface area contributed by atoms with Crippen molar-refractivity contribution in [2.75, 3.05) is 39.2 Å². The largest absolute Gasteiger partial charge is 0.469 e. The lowest BCUT2D eigenvalue weighted by Crippen LogP contribution is -2.37.